The third kappa shape index (κ3) is 3.22. The second kappa shape index (κ2) is 7.52. The van der Waals surface area contributed by atoms with E-state index in [4.69, 9.17) is 4.74 Å². The molecule has 3 amide bonds. The van der Waals surface area contributed by atoms with Gasteiger partial charge >= 0.3 is 12.0 Å². The molecule has 0 saturated carbocycles. The largest absolute Gasteiger partial charge is 0.458 e. The minimum Gasteiger partial charge on any atom is -0.458 e. The summed E-state index contributed by atoms with van der Waals surface area (Å²) < 4.78 is 7.61. The molecule has 3 heterocycles. The molecule has 156 valence electrons. The van der Waals surface area contributed by atoms with Crippen LogP contribution < -0.4 is 10.9 Å². The van der Waals surface area contributed by atoms with Crippen molar-refractivity contribution in [3.05, 3.63) is 46.4 Å². The van der Waals surface area contributed by atoms with Gasteiger partial charge in [-0.1, -0.05) is 37.3 Å². The number of carbonyl (C=O) groups is 3. The predicted octanol–water partition coefficient (Wildman–Crippen LogP) is 2.06. The molecule has 3 aromatic rings. The first-order chi connectivity index (χ1) is 14.4. The molecule has 0 spiro atoms. The molecule has 1 aliphatic heterocycles. The molecule has 0 aliphatic carbocycles. The lowest BCUT2D eigenvalue weighted by Gasteiger charge is -2.22. The minimum absolute atomic E-state index is 0.227. The van der Waals surface area contributed by atoms with Crippen LogP contribution >= 0.6 is 11.3 Å². The van der Waals surface area contributed by atoms with Crippen LogP contribution in [0.2, 0.25) is 0 Å². The number of thiazole rings is 1. The van der Waals surface area contributed by atoms with Crippen molar-refractivity contribution in [3.63, 3.8) is 0 Å². The van der Waals surface area contributed by atoms with Crippen molar-refractivity contribution >= 4 is 44.4 Å². The minimum atomic E-state index is -0.972. The van der Waals surface area contributed by atoms with Crippen molar-refractivity contribution in [2.45, 2.75) is 38.8 Å². The van der Waals surface area contributed by atoms with Gasteiger partial charge in [0, 0.05) is 6.07 Å². The molecule has 1 saturated heterocycles. The molecular formula is C20H20N4O5S. The Hall–Kier alpha value is -3.27. The molecule has 0 bridgehead atoms. The van der Waals surface area contributed by atoms with E-state index < -0.39 is 30.0 Å². The van der Waals surface area contributed by atoms with Crippen molar-refractivity contribution in [1.82, 2.24) is 19.6 Å². The fraction of sp³-hybridized carbons (Fsp3) is 0.350. The molecule has 9 nitrogen and oxygen atoms in total. The van der Waals surface area contributed by atoms with Crippen LogP contribution in [0.5, 0.6) is 0 Å². The van der Waals surface area contributed by atoms with Gasteiger partial charge in [-0.05, 0) is 25.0 Å². The third-order valence-electron chi connectivity index (χ3n) is 5.37. The van der Waals surface area contributed by atoms with E-state index in [2.05, 4.69) is 10.3 Å². The predicted molar refractivity (Wildman–Crippen MR) is 110 cm³/mol. The SMILES string of the molecule is CCC1(CC)NC(=O)N(CC(=O)OCc2cc(=O)n3c(n2)sc2ccccc23)C1=O. The lowest BCUT2D eigenvalue weighted by molar-refractivity contribution is -0.149. The van der Waals surface area contributed by atoms with Gasteiger partial charge in [-0.3, -0.25) is 23.7 Å². The highest BCUT2D eigenvalue weighted by Gasteiger charge is 2.49. The Morgan fingerprint density at radius 1 is 1.20 bits per heavy atom. The highest BCUT2D eigenvalue weighted by molar-refractivity contribution is 7.23. The van der Waals surface area contributed by atoms with Gasteiger partial charge in [0.25, 0.3) is 11.5 Å². The Morgan fingerprint density at radius 3 is 2.63 bits per heavy atom. The number of nitrogens with zero attached hydrogens (tertiary/aromatic N) is 3. The number of para-hydroxylation sites is 1. The Bertz CT molecular complexity index is 1230. The van der Waals surface area contributed by atoms with Gasteiger partial charge in [-0.15, -0.1) is 0 Å². The normalized spacial score (nSPS) is 15.7. The maximum atomic E-state index is 12.6. The van der Waals surface area contributed by atoms with Crippen LogP contribution in [0, 0.1) is 0 Å². The molecule has 2 aromatic heterocycles. The fourth-order valence-electron chi connectivity index (χ4n) is 3.58. The van der Waals surface area contributed by atoms with E-state index in [-0.39, 0.29) is 12.2 Å². The summed E-state index contributed by atoms with van der Waals surface area (Å²) in [4.78, 5) is 55.2. The molecule has 4 rings (SSSR count). The first-order valence-corrected chi connectivity index (χ1v) is 10.4. The van der Waals surface area contributed by atoms with Crippen LogP contribution in [0.1, 0.15) is 32.4 Å². The maximum Gasteiger partial charge on any atom is 0.326 e. The lowest BCUT2D eigenvalue weighted by atomic mass is 9.93. The number of hydrogen-bond donors (Lipinski definition) is 1. The second-order valence-corrected chi connectivity index (χ2v) is 8.05. The monoisotopic (exact) mass is 428 g/mol. The standard InChI is InChI=1S/C20H20N4O5S/c1-3-20(4-2)17(27)23(18(28)22-20)10-16(26)29-11-12-9-15(25)24-13-7-5-6-8-14(13)30-19(24)21-12/h5-9H,3-4,10-11H2,1-2H3,(H,22,28). The quantitative estimate of drug-likeness (QED) is 0.475. The molecule has 1 aromatic carbocycles. The van der Waals surface area contributed by atoms with Crippen molar-refractivity contribution in [3.8, 4) is 0 Å². The van der Waals surface area contributed by atoms with Crippen LogP contribution in [-0.4, -0.2) is 44.3 Å². The van der Waals surface area contributed by atoms with E-state index in [9.17, 15) is 19.2 Å². The van der Waals surface area contributed by atoms with Gasteiger partial charge in [-0.2, -0.15) is 0 Å². The summed E-state index contributed by atoms with van der Waals surface area (Å²) in [5.74, 6) is -1.18. The molecule has 1 aliphatic rings. The van der Waals surface area contributed by atoms with Gasteiger partial charge < -0.3 is 10.1 Å². The smallest absolute Gasteiger partial charge is 0.326 e. The van der Waals surface area contributed by atoms with Crippen LogP contribution in [0.15, 0.2) is 35.1 Å². The van der Waals surface area contributed by atoms with E-state index >= 15 is 0 Å². The highest BCUT2D eigenvalue weighted by atomic mass is 32.1. The number of carbonyl (C=O) groups excluding carboxylic acids is 3. The average Bonchev–Trinajstić information content (AvgIpc) is 3.23. The number of benzene rings is 1. The number of rotatable bonds is 6. The van der Waals surface area contributed by atoms with E-state index in [1.54, 1.807) is 13.8 Å². The molecule has 1 N–H and O–H groups in total. The molecule has 1 fully saturated rings. The summed E-state index contributed by atoms with van der Waals surface area (Å²) >= 11 is 1.36. The zero-order chi connectivity index (χ0) is 21.5. The lowest BCUT2D eigenvalue weighted by Crippen LogP contribution is -2.46. The molecule has 30 heavy (non-hydrogen) atoms. The molecule has 0 unspecified atom stereocenters. The van der Waals surface area contributed by atoms with Crippen LogP contribution in [0.4, 0.5) is 4.79 Å². The first kappa shape index (κ1) is 20.0. The van der Waals surface area contributed by atoms with Crippen LogP contribution in [0.25, 0.3) is 15.2 Å². The van der Waals surface area contributed by atoms with E-state index in [0.29, 0.717) is 23.5 Å². The maximum absolute atomic E-state index is 12.6. The van der Waals surface area contributed by atoms with Gasteiger partial charge in [0.2, 0.25) is 0 Å². The summed E-state index contributed by atoms with van der Waals surface area (Å²) in [5, 5.41) is 2.66. The van der Waals surface area contributed by atoms with E-state index in [1.807, 2.05) is 24.3 Å². The second-order valence-electron chi connectivity index (χ2n) is 7.04. The number of ether oxygens (including phenoxy) is 1. The number of nitrogens with one attached hydrogen (secondary N) is 1. The zero-order valence-corrected chi connectivity index (χ0v) is 17.3. The summed E-state index contributed by atoms with van der Waals surface area (Å²) in [6.45, 7) is 2.89. The van der Waals surface area contributed by atoms with Crippen LogP contribution in [-0.2, 0) is 20.9 Å². The summed E-state index contributed by atoms with van der Waals surface area (Å²) in [6.07, 6.45) is 0.866. The topological polar surface area (TPSA) is 110 Å². The first-order valence-electron chi connectivity index (χ1n) is 9.58. The van der Waals surface area contributed by atoms with Crippen molar-refractivity contribution in [2.75, 3.05) is 6.54 Å². The summed E-state index contributed by atoms with van der Waals surface area (Å²) in [7, 11) is 0. The Morgan fingerprint density at radius 2 is 1.93 bits per heavy atom. The van der Waals surface area contributed by atoms with Crippen molar-refractivity contribution in [2.24, 2.45) is 0 Å². The van der Waals surface area contributed by atoms with Crippen molar-refractivity contribution < 1.29 is 19.1 Å². The number of fused-ring (bicyclic) bond motifs is 3. The van der Waals surface area contributed by atoms with Gasteiger partial charge in [-0.25, -0.2) is 9.78 Å². The number of imide groups is 1. The number of amides is 3. The Kier molecular flexibility index (Phi) is 5.02. The third-order valence-corrected chi connectivity index (χ3v) is 6.39. The zero-order valence-electron chi connectivity index (χ0n) is 16.5. The summed E-state index contributed by atoms with van der Waals surface area (Å²) in [6, 6.07) is 8.17. The number of aromatic nitrogens is 2. The number of urea groups is 1. The van der Waals surface area contributed by atoms with E-state index in [1.165, 1.54) is 21.8 Å². The van der Waals surface area contributed by atoms with Gasteiger partial charge in [0.05, 0.1) is 15.9 Å². The number of hydrogen-bond acceptors (Lipinski definition) is 7. The molecule has 0 atom stereocenters. The Labute approximate surface area is 175 Å². The van der Waals surface area contributed by atoms with Gasteiger partial charge in [0.1, 0.15) is 18.7 Å². The Balaban J connectivity index is 1.47. The van der Waals surface area contributed by atoms with Gasteiger partial charge in [0.15, 0.2) is 4.96 Å². The van der Waals surface area contributed by atoms with E-state index in [0.717, 1.165) is 15.1 Å². The van der Waals surface area contributed by atoms with Crippen molar-refractivity contribution in [1.29, 1.82) is 0 Å². The summed E-state index contributed by atoms with van der Waals surface area (Å²) in [5.41, 5.74) is -0.172. The molecular weight excluding hydrogens is 408 g/mol. The number of esters is 1. The molecule has 10 heteroatoms. The molecule has 0 radical (unpaired) electrons. The van der Waals surface area contributed by atoms with Crippen LogP contribution in [0.3, 0.4) is 0 Å². The fourth-order valence-corrected chi connectivity index (χ4v) is 4.63. The average molecular weight is 428 g/mol. The highest BCUT2D eigenvalue weighted by Crippen LogP contribution is 2.25.